The lowest BCUT2D eigenvalue weighted by molar-refractivity contribution is 0.290. The molecule has 1 heterocycles. The van der Waals surface area contributed by atoms with Crippen molar-refractivity contribution in [2.75, 3.05) is 19.1 Å². The third-order valence-corrected chi connectivity index (χ3v) is 9.98. The molecular weight excluding hydrogens is 320 g/mol. The Balaban J connectivity index is 2.81. The number of hydrogen-bond donors (Lipinski definition) is 0. The third-order valence-electron chi connectivity index (χ3n) is 3.93. The molecule has 120 valence electrons. The summed E-state index contributed by atoms with van der Waals surface area (Å²) in [5.74, 6) is 0. The Labute approximate surface area is 136 Å². The first-order valence-corrected chi connectivity index (χ1v) is 12.7. The van der Waals surface area contributed by atoms with Crippen LogP contribution >= 0.6 is 11.8 Å². The molecule has 0 aliphatic carbocycles. The summed E-state index contributed by atoms with van der Waals surface area (Å²) in [6.45, 7) is 11.8. The van der Waals surface area contributed by atoms with Gasteiger partial charge in [0.2, 0.25) is 0 Å². The predicted octanol–water partition coefficient (Wildman–Crippen LogP) is 3.50. The number of aromatic nitrogens is 2. The summed E-state index contributed by atoms with van der Waals surface area (Å²) in [4.78, 5) is 0. The maximum absolute atomic E-state index is 11.8. The molecule has 0 spiro atoms. The highest BCUT2D eigenvalue weighted by Crippen LogP contribution is 2.36. The van der Waals surface area contributed by atoms with Gasteiger partial charge in [0, 0.05) is 12.9 Å². The van der Waals surface area contributed by atoms with Crippen molar-refractivity contribution in [2.24, 2.45) is 0 Å². The highest BCUT2D eigenvalue weighted by atomic mass is 32.2. The van der Waals surface area contributed by atoms with Crippen molar-refractivity contribution in [2.45, 2.75) is 55.4 Å². The molecule has 4 nitrogen and oxygen atoms in total. The van der Waals surface area contributed by atoms with Crippen LogP contribution in [0.5, 0.6) is 0 Å². The lowest BCUT2D eigenvalue weighted by Gasteiger charge is -2.36. The second kappa shape index (κ2) is 7.35. The monoisotopic (exact) mass is 346 g/mol. The average Bonchev–Trinajstić information content (AvgIpc) is 2.36. The van der Waals surface area contributed by atoms with Gasteiger partial charge in [-0.15, -0.1) is 22.0 Å². The number of thioether (sulfide) groups is 1. The van der Waals surface area contributed by atoms with Crippen molar-refractivity contribution in [3.05, 3.63) is 11.6 Å². The lowest BCUT2D eigenvalue weighted by atomic mass is 10.2. The van der Waals surface area contributed by atoms with Crippen molar-refractivity contribution in [1.29, 1.82) is 0 Å². The summed E-state index contributed by atoms with van der Waals surface area (Å²) in [5.41, 5.74) is 0.980. The molecular formula is C14H26N2O2S2Si. The van der Waals surface area contributed by atoms with Crippen LogP contribution in [0.1, 0.15) is 26.3 Å². The zero-order chi connectivity index (χ0) is 16.3. The van der Waals surface area contributed by atoms with Crippen LogP contribution in [0.4, 0.5) is 0 Å². The second-order valence-corrected chi connectivity index (χ2v) is 13.5. The summed E-state index contributed by atoms with van der Waals surface area (Å²) >= 11 is 1.54. The van der Waals surface area contributed by atoms with Crippen LogP contribution in [0.3, 0.4) is 0 Å². The largest absolute Gasteiger partial charge is 0.416 e. The zero-order valence-electron chi connectivity index (χ0n) is 14.0. The van der Waals surface area contributed by atoms with Gasteiger partial charge in [-0.3, -0.25) is 4.21 Å². The third kappa shape index (κ3) is 5.16. The van der Waals surface area contributed by atoms with Gasteiger partial charge in [0.05, 0.1) is 10.8 Å². The van der Waals surface area contributed by atoms with E-state index in [4.69, 9.17) is 4.43 Å². The molecule has 0 amide bonds. The fourth-order valence-corrected chi connectivity index (χ4v) is 3.67. The summed E-state index contributed by atoms with van der Waals surface area (Å²) in [6, 6.07) is 1.98. The molecule has 0 aromatic carbocycles. The summed E-state index contributed by atoms with van der Waals surface area (Å²) in [6.07, 6.45) is 4.33. The normalized spacial score (nSPS) is 14.2. The first-order valence-electron chi connectivity index (χ1n) is 6.96. The van der Waals surface area contributed by atoms with Gasteiger partial charge >= 0.3 is 0 Å². The van der Waals surface area contributed by atoms with Crippen LogP contribution in [0.15, 0.2) is 16.1 Å². The van der Waals surface area contributed by atoms with Crippen LogP contribution < -0.4 is 0 Å². The van der Waals surface area contributed by atoms with Gasteiger partial charge in [-0.1, -0.05) is 20.8 Å². The van der Waals surface area contributed by atoms with Gasteiger partial charge in [-0.05, 0) is 42.4 Å². The first-order chi connectivity index (χ1) is 9.58. The molecule has 7 heteroatoms. The molecule has 0 radical (unpaired) electrons. The molecule has 1 aromatic heterocycles. The van der Waals surface area contributed by atoms with Crippen LogP contribution in [-0.2, 0) is 21.6 Å². The van der Waals surface area contributed by atoms with E-state index in [0.717, 1.165) is 17.0 Å². The molecule has 0 aliphatic rings. The van der Waals surface area contributed by atoms with Crippen LogP contribution in [-0.4, -0.2) is 41.8 Å². The second-order valence-electron chi connectivity index (χ2n) is 6.53. The van der Waals surface area contributed by atoms with E-state index in [0.29, 0.717) is 11.6 Å². The number of rotatable bonds is 6. The lowest BCUT2D eigenvalue weighted by Crippen LogP contribution is -2.41. The van der Waals surface area contributed by atoms with E-state index in [1.165, 1.54) is 0 Å². The van der Waals surface area contributed by atoms with E-state index in [9.17, 15) is 4.21 Å². The smallest absolute Gasteiger partial charge is 0.191 e. The van der Waals surface area contributed by atoms with Crippen LogP contribution in [0, 0.1) is 0 Å². The summed E-state index contributed by atoms with van der Waals surface area (Å²) < 4.78 is 17.9. The highest BCUT2D eigenvalue weighted by molar-refractivity contribution is 7.98. The molecule has 1 atom stereocenters. The molecule has 0 saturated heterocycles. The molecule has 0 fully saturated rings. The van der Waals surface area contributed by atoms with E-state index in [-0.39, 0.29) is 5.04 Å². The Hall–Kier alpha value is -0.243. The molecule has 0 bridgehead atoms. The molecule has 0 N–H and O–H groups in total. The van der Waals surface area contributed by atoms with E-state index in [2.05, 4.69) is 44.1 Å². The van der Waals surface area contributed by atoms with E-state index in [1.807, 2.05) is 12.3 Å². The standard InChI is InChI=1S/C14H26N2O2S2Si/c1-14(2,3)21(6,7)18-9-8-11-10-12(19-4)15-16-13(11)20(5)17/h10H,8-9H2,1-7H3. The fourth-order valence-electron chi connectivity index (χ4n) is 1.55. The highest BCUT2D eigenvalue weighted by Gasteiger charge is 2.36. The Kier molecular flexibility index (Phi) is 6.58. The molecule has 0 aliphatic heterocycles. The minimum Gasteiger partial charge on any atom is -0.416 e. The van der Waals surface area contributed by atoms with Gasteiger partial charge in [0.1, 0.15) is 5.03 Å². The zero-order valence-corrected chi connectivity index (χ0v) is 16.7. The van der Waals surface area contributed by atoms with Crippen molar-refractivity contribution in [3.63, 3.8) is 0 Å². The quantitative estimate of drug-likeness (QED) is 0.583. The Morgan fingerprint density at radius 3 is 2.43 bits per heavy atom. The molecule has 1 aromatic rings. The van der Waals surface area contributed by atoms with Crippen molar-refractivity contribution >= 4 is 30.9 Å². The Morgan fingerprint density at radius 2 is 1.95 bits per heavy atom. The number of hydrogen-bond acceptors (Lipinski definition) is 5. The number of nitrogens with zero attached hydrogens (tertiary/aromatic N) is 2. The SMILES string of the molecule is CSc1cc(CCO[Si](C)(C)C(C)(C)C)c(S(C)=O)nn1. The molecule has 0 saturated carbocycles. The summed E-state index contributed by atoms with van der Waals surface area (Å²) in [5, 5.41) is 9.79. The van der Waals surface area contributed by atoms with Gasteiger partial charge in [0.25, 0.3) is 0 Å². The average molecular weight is 347 g/mol. The minimum atomic E-state index is -1.74. The molecule has 1 rings (SSSR count). The fraction of sp³-hybridized carbons (Fsp3) is 0.714. The maximum Gasteiger partial charge on any atom is 0.191 e. The van der Waals surface area contributed by atoms with E-state index in [1.54, 1.807) is 18.0 Å². The van der Waals surface area contributed by atoms with Crippen LogP contribution in [0.25, 0.3) is 0 Å². The topological polar surface area (TPSA) is 52.1 Å². The Morgan fingerprint density at radius 1 is 1.33 bits per heavy atom. The van der Waals surface area contributed by atoms with E-state index >= 15 is 0 Å². The molecule has 21 heavy (non-hydrogen) atoms. The maximum atomic E-state index is 11.8. The van der Waals surface area contributed by atoms with Gasteiger partial charge in [-0.2, -0.15) is 0 Å². The van der Waals surface area contributed by atoms with Gasteiger partial charge in [0.15, 0.2) is 13.3 Å². The minimum absolute atomic E-state index is 0.199. The van der Waals surface area contributed by atoms with Crippen LogP contribution in [0.2, 0.25) is 18.1 Å². The molecule has 1 unspecified atom stereocenters. The van der Waals surface area contributed by atoms with Crippen molar-refractivity contribution in [1.82, 2.24) is 10.2 Å². The van der Waals surface area contributed by atoms with Gasteiger partial charge in [-0.25, -0.2) is 0 Å². The Bertz CT molecular complexity index is 516. The predicted molar refractivity (Wildman–Crippen MR) is 93.0 cm³/mol. The first kappa shape index (κ1) is 18.8. The van der Waals surface area contributed by atoms with Gasteiger partial charge < -0.3 is 4.43 Å². The van der Waals surface area contributed by atoms with E-state index < -0.39 is 19.1 Å². The summed E-state index contributed by atoms with van der Waals surface area (Å²) in [7, 11) is -2.86. The van der Waals surface area contributed by atoms with Crippen molar-refractivity contribution < 1.29 is 8.63 Å². The van der Waals surface area contributed by atoms with Crippen molar-refractivity contribution in [3.8, 4) is 0 Å².